The Morgan fingerprint density at radius 3 is 2.94 bits per heavy atom. The number of furan rings is 1. The van der Waals surface area contributed by atoms with E-state index in [2.05, 4.69) is 15.5 Å². The molecular weight excluding hydrogens is 452 g/mol. The zero-order chi connectivity index (χ0) is 22.3. The summed E-state index contributed by atoms with van der Waals surface area (Å²) in [6.45, 7) is 2.62. The van der Waals surface area contributed by atoms with Gasteiger partial charge in [-0.3, -0.25) is 4.79 Å². The molecule has 0 bridgehead atoms. The minimum absolute atomic E-state index is 0.158. The summed E-state index contributed by atoms with van der Waals surface area (Å²) < 4.78 is 38.8. The summed E-state index contributed by atoms with van der Waals surface area (Å²) in [4.78, 5) is 18.6. The van der Waals surface area contributed by atoms with Crippen LogP contribution in [-0.2, 0) is 21.4 Å². The number of amides is 1. The quantitative estimate of drug-likeness (QED) is 0.556. The van der Waals surface area contributed by atoms with Gasteiger partial charge in [-0.15, -0.1) is 11.3 Å². The monoisotopic (exact) mass is 476 g/mol. The minimum atomic E-state index is -3.74. The zero-order valence-corrected chi connectivity index (χ0v) is 19.2. The molecule has 1 saturated carbocycles. The fraction of sp³-hybridized carbons (Fsp3) is 0.476. The highest BCUT2D eigenvalue weighted by molar-refractivity contribution is 7.89. The lowest BCUT2D eigenvalue weighted by molar-refractivity contribution is -0.126. The van der Waals surface area contributed by atoms with E-state index in [-0.39, 0.29) is 23.9 Å². The first-order chi connectivity index (χ1) is 15.4. The molecule has 1 amide bonds. The van der Waals surface area contributed by atoms with Gasteiger partial charge in [-0.1, -0.05) is 5.16 Å². The van der Waals surface area contributed by atoms with Crippen LogP contribution in [0.1, 0.15) is 48.1 Å². The standard InChI is InChI=1S/C21H24N4O5S2/c1-13-18(10-17(31-13)19-23-21(30-24-19)14-6-7-14)32(27,28)25-8-2-4-15(12-25)20(26)22-11-16-5-3-9-29-16/h3,5,9-10,14-15H,2,4,6-8,11-12H2,1H3,(H,22,26). The van der Waals surface area contributed by atoms with Gasteiger partial charge in [0.1, 0.15) is 5.76 Å². The summed E-state index contributed by atoms with van der Waals surface area (Å²) in [5, 5.41) is 6.87. The van der Waals surface area contributed by atoms with Crippen LogP contribution in [-0.4, -0.2) is 41.9 Å². The predicted molar refractivity (Wildman–Crippen MR) is 116 cm³/mol. The number of nitrogens with zero attached hydrogens (tertiary/aromatic N) is 3. The molecule has 1 atom stereocenters. The van der Waals surface area contributed by atoms with Crippen molar-refractivity contribution in [3.8, 4) is 10.7 Å². The predicted octanol–water partition coefficient (Wildman–Crippen LogP) is 3.29. The Morgan fingerprint density at radius 1 is 1.34 bits per heavy atom. The number of sulfonamides is 1. The van der Waals surface area contributed by atoms with Crippen LogP contribution in [0.2, 0.25) is 0 Å². The molecule has 170 valence electrons. The molecule has 9 nitrogen and oxygen atoms in total. The zero-order valence-electron chi connectivity index (χ0n) is 17.6. The largest absolute Gasteiger partial charge is 0.467 e. The van der Waals surface area contributed by atoms with Crippen molar-refractivity contribution in [2.45, 2.75) is 50.0 Å². The molecule has 1 saturated heterocycles. The molecule has 5 rings (SSSR count). The van der Waals surface area contributed by atoms with Crippen LogP contribution in [0.4, 0.5) is 0 Å². The lowest BCUT2D eigenvalue weighted by atomic mass is 9.99. The molecule has 1 aliphatic carbocycles. The summed E-state index contributed by atoms with van der Waals surface area (Å²) in [5.74, 6) is 1.48. The van der Waals surface area contributed by atoms with E-state index >= 15 is 0 Å². The molecule has 3 aromatic heterocycles. The molecule has 3 aromatic rings. The number of aromatic nitrogens is 2. The molecule has 0 radical (unpaired) electrons. The second-order valence-electron chi connectivity index (χ2n) is 8.26. The molecule has 0 spiro atoms. The average Bonchev–Trinajstić information content (AvgIpc) is 3.18. The van der Waals surface area contributed by atoms with Gasteiger partial charge in [-0.05, 0) is 50.8 Å². The van der Waals surface area contributed by atoms with Crippen molar-refractivity contribution in [1.82, 2.24) is 19.8 Å². The molecular formula is C21H24N4O5S2. The van der Waals surface area contributed by atoms with E-state index in [1.165, 1.54) is 15.6 Å². The molecule has 0 aromatic carbocycles. The number of thiophene rings is 1. The van der Waals surface area contributed by atoms with Crippen molar-refractivity contribution in [3.05, 3.63) is 41.0 Å². The molecule has 11 heteroatoms. The first-order valence-corrected chi connectivity index (χ1v) is 12.9. The lowest BCUT2D eigenvalue weighted by Crippen LogP contribution is -2.45. The van der Waals surface area contributed by atoms with Crippen molar-refractivity contribution in [2.24, 2.45) is 5.92 Å². The van der Waals surface area contributed by atoms with Gasteiger partial charge in [-0.2, -0.15) is 9.29 Å². The first kappa shape index (κ1) is 21.4. The Balaban J connectivity index is 1.30. The van der Waals surface area contributed by atoms with Crippen molar-refractivity contribution < 1.29 is 22.2 Å². The highest BCUT2D eigenvalue weighted by Crippen LogP contribution is 2.41. The van der Waals surface area contributed by atoms with E-state index in [0.29, 0.717) is 52.5 Å². The average molecular weight is 477 g/mol. The van der Waals surface area contributed by atoms with E-state index in [1.54, 1.807) is 31.4 Å². The van der Waals surface area contributed by atoms with Crippen LogP contribution in [0.3, 0.4) is 0 Å². The highest BCUT2D eigenvalue weighted by Gasteiger charge is 2.35. The number of nitrogens with one attached hydrogen (secondary N) is 1. The van der Waals surface area contributed by atoms with Gasteiger partial charge in [0.15, 0.2) is 0 Å². The van der Waals surface area contributed by atoms with Crippen LogP contribution in [0.5, 0.6) is 0 Å². The Bertz CT molecular complexity index is 1210. The smallest absolute Gasteiger partial charge is 0.244 e. The number of aryl methyl sites for hydroxylation is 1. The maximum Gasteiger partial charge on any atom is 0.244 e. The summed E-state index contributed by atoms with van der Waals surface area (Å²) in [6.07, 6.45) is 4.93. The summed E-state index contributed by atoms with van der Waals surface area (Å²) in [5.41, 5.74) is 0. The van der Waals surface area contributed by atoms with Crippen LogP contribution in [0.25, 0.3) is 10.7 Å². The van der Waals surface area contributed by atoms with Crippen LogP contribution < -0.4 is 5.32 Å². The van der Waals surface area contributed by atoms with Crippen molar-refractivity contribution in [3.63, 3.8) is 0 Å². The van der Waals surface area contributed by atoms with E-state index in [0.717, 1.165) is 12.8 Å². The van der Waals surface area contributed by atoms with Crippen molar-refractivity contribution in [1.29, 1.82) is 0 Å². The van der Waals surface area contributed by atoms with E-state index < -0.39 is 15.9 Å². The molecule has 1 N–H and O–H groups in total. The highest BCUT2D eigenvalue weighted by atomic mass is 32.2. The molecule has 2 fully saturated rings. The van der Waals surface area contributed by atoms with E-state index in [1.807, 2.05) is 0 Å². The number of carbonyl (C=O) groups is 1. The lowest BCUT2D eigenvalue weighted by Gasteiger charge is -2.31. The molecule has 1 aliphatic heterocycles. The Labute approximate surface area is 189 Å². The number of carbonyl (C=O) groups excluding carboxylic acids is 1. The van der Waals surface area contributed by atoms with Gasteiger partial charge in [-0.25, -0.2) is 8.42 Å². The Hall–Kier alpha value is -2.50. The van der Waals surface area contributed by atoms with Gasteiger partial charge in [0.25, 0.3) is 0 Å². The number of piperidine rings is 1. The third kappa shape index (κ3) is 4.24. The van der Waals surface area contributed by atoms with Gasteiger partial charge in [0.05, 0.1) is 28.5 Å². The second-order valence-corrected chi connectivity index (χ2v) is 11.4. The summed E-state index contributed by atoms with van der Waals surface area (Å²) in [6, 6.07) is 5.17. The van der Waals surface area contributed by atoms with Crippen molar-refractivity contribution >= 4 is 27.3 Å². The SMILES string of the molecule is Cc1sc(-c2noc(C3CC3)n2)cc1S(=O)(=O)N1CCCC(C(=O)NCc2ccco2)C1. The summed E-state index contributed by atoms with van der Waals surface area (Å²) in [7, 11) is -3.74. The second kappa shape index (κ2) is 8.45. The summed E-state index contributed by atoms with van der Waals surface area (Å²) >= 11 is 1.34. The van der Waals surface area contributed by atoms with Gasteiger partial charge < -0.3 is 14.3 Å². The van der Waals surface area contributed by atoms with Crippen LogP contribution in [0, 0.1) is 12.8 Å². The number of rotatable bonds is 7. The van der Waals surface area contributed by atoms with Gasteiger partial charge in [0.2, 0.25) is 27.6 Å². The fourth-order valence-electron chi connectivity index (χ4n) is 3.91. The topological polar surface area (TPSA) is 119 Å². The molecule has 4 heterocycles. The maximum absolute atomic E-state index is 13.4. The molecule has 32 heavy (non-hydrogen) atoms. The third-order valence-electron chi connectivity index (χ3n) is 5.85. The minimum Gasteiger partial charge on any atom is -0.467 e. The first-order valence-electron chi connectivity index (χ1n) is 10.7. The van der Waals surface area contributed by atoms with E-state index in [9.17, 15) is 13.2 Å². The van der Waals surface area contributed by atoms with Gasteiger partial charge >= 0.3 is 0 Å². The Morgan fingerprint density at radius 2 is 2.19 bits per heavy atom. The van der Waals surface area contributed by atoms with Crippen LogP contribution in [0.15, 0.2) is 38.3 Å². The third-order valence-corrected chi connectivity index (χ3v) is 9.02. The normalized spacial score (nSPS) is 19.8. The van der Waals surface area contributed by atoms with Crippen molar-refractivity contribution in [2.75, 3.05) is 13.1 Å². The number of hydrogen-bond donors (Lipinski definition) is 1. The van der Waals surface area contributed by atoms with Gasteiger partial charge in [0, 0.05) is 23.9 Å². The fourth-order valence-corrected chi connectivity index (χ4v) is 6.92. The van der Waals surface area contributed by atoms with Crippen LogP contribution >= 0.6 is 11.3 Å². The molecule has 2 aliphatic rings. The Kier molecular flexibility index (Phi) is 5.64. The van der Waals surface area contributed by atoms with E-state index in [4.69, 9.17) is 8.94 Å². The number of hydrogen-bond acceptors (Lipinski definition) is 8. The molecule has 1 unspecified atom stereocenters. The maximum atomic E-state index is 13.4.